The van der Waals surface area contributed by atoms with Crippen molar-refractivity contribution in [2.24, 2.45) is 4.99 Å². The number of rotatable bonds is 14. The molecule has 0 aliphatic rings. The Labute approximate surface area is 222 Å². The van der Waals surface area contributed by atoms with Gasteiger partial charge in [-0.15, -0.1) is 6.58 Å². The van der Waals surface area contributed by atoms with Gasteiger partial charge >= 0.3 is 0 Å². The van der Waals surface area contributed by atoms with Gasteiger partial charge in [-0.05, 0) is 42.9 Å². The molecule has 6 heteroatoms. The first-order chi connectivity index (χ1) is 17.6. The number of hydrogen-bond donors (Lipinski definition) is 1. The summed E-state index contributed by atoms with van der Waals surface area (Å²) < 4.78 is 10.3. The Morgan fingerprint density at radius 3 is 2.36 bits per heavy atom. The second-order valence-corrected chi connectivity index (χ2v) is 8.95. The predicted molar refractivity (Wildman–Crippen MR) is 154 cm³/mol. The number of carbonyl (C=O) groups is 1. The van der Waals surface area contributed by atoms with Gasteiger partial charge in [0.25, 0.3) is 0 Å². The Morgan fingerprint density at radius 1 is 1.06 bits per heavy atom. The molecular formula is C30H42N2O3S. The third kappa shape index (κ3) is 11.3. The molecule has 0 saturated heterocycles. The highest BCUT2D eigenvalue weighted by molar-refractivity contribution is 8.03. The molecule has 0 unspecified atom stereocenters. The van der Waals surface area contributed by atoms with Crippen LogP contribution in [0.4, 0.5) is 0 Å². The van der Waals surface area contributed by atoms with Gasteiger partial charge in [-0.2, -0.15) is 0 Å². The molecule has 2 rings (SSSR count). The van der Waals surface area contributed by atoms with E-state index in [9.17, 15) is 4.79 Å². The maximum atomic E-state index is 10.7. The highest BCUT2D eigenvalue weighted by Gasteiger charge is 2.16. The van der Waals surface area contributed by atoms with Gasteiger partial charge in [0.15, 0.2) is 0 Å². The number of methoxy groups -OCH3 is 2. The molecule has 0 saturated carbocycles. The molecule has 0 aromatic heterocycles. The maximum Gasteiger partial charge on any atom is 0.223 e. The smallest absolute Gasteiger partial charge is 0.223 e. The Bertz CT molecular complexity index is 986. The van der Waals surface area contributed by atoms with Gasteiger partial charge in [0.05, 0.1) is 19.4 Å². The maximum absolute atomic E-state index is 10.7. The lowest BCUT2D eigenvalue weighted by molar-refractivity contribution is -0.120. The van der Waals surface area contributed by atoms with E-state index < -0.39 is 0 Å². The summed E-state index contributed by atoms with van der Waals surface area (Å²) in [6.45, 7) is 11.8. The van der Waals surface area contributed by atoms with Crippen LogP contribution < -0.4 is 10.1 Å². The number of thioether (sulfide) groups is 1. The Balaban J connectivity index is 0.000000548. The molecule has 0 heterocycles. The minimum Gasteiger partial charge on any atom is -0.496 e. The summed E-state index contributed by atoms with van der Waals surface area (Å²) in [5, 5.41) is 2.65. The molecule has 0 radical (unpaired) electrons. The van der Waals surface area contributed by atoms with Crippen molar-refractivity contribution in [3.8, 4) is 5.75 Å². The van der Waals surface area contributed by atoms with Crippen molar-refractivity contribution >= 4 is 23.4 Å². The number of carbonyl (C=O) groups excluding carboxylic acids is 1. The zero-order valence-electron chi connectivity index (χ0n) is 22.5. The summed E-state index contributed by atoms with van der Waals surface area (Å²) in [6, 6.07) is 16.7. The summed E-state index contributed by atoms with van der Waals surface area (Å²) in [6.07, 6.45) is 7.62. The van der Waals surface area contributed by atoms with Crippen molar-refractivity contribution in [1.82, 2.24) is 5.32 Å². The fourth-order valence-electron chi connectivity index (χ4n) is 3.37. The lowest BCUT2D eigenvalue weighted by Gasteiger charge is -2.16. The first kappa shape index (κ1) is 31.2. The molecule has 2 aromatic rings. The normalized spacial score (nSPS) is 11.4. The molecule has 0 bridgehead atoms. The molecule has 5 nitrogen and oxygen atoms in total. The van der Waals surface area contributed by atoms with E-state index in [4.69, 9.17) is 14.5 Å². The average Bonchev–Trinajstić information content (AvgIpc) is 2.89. The summed E-state index contributed by atoms with van der Waals surface area (Å²) >= 11 is 1.87. The van der Waals surface area contributed by atoms with E-state index in [1.165, 1.54) is 15.4 Å². The number of amides is 1. The van der Waals surface area contributed by atoms with Crippen molar-refractivity contribution in [1.29, 1.82) is 0 Å². The number of allylic oxidation sites excluding steroid dienone is 2. The van der Waals surface area contributed by atoms with Crippen LogP contribution in [0.25, 0.3) is 0 Å². The van der Waals surface area contributed by atoms with Crippen LogP contribution in [-0.2, 0) is 9.53 Å². The number of aliphatic imine (C=N–C) groups is 1. The zero-order valence-corrected chi connectivity index (χ0v) is 23.3. The molecule has 1 N–H and O–H groups in total. The molecule has 0 aliphatic carbocycles. The monoisotopic (exact) mass is 510 g/mol. The van der Waals surface area contributed by atoms with Crippen molar-refractivity contribution in [3.05, 3.63) is 83.3 Å². The van der Waals surface area contributed by atoms with E-state index >= 15 is 0 Å². The third-order valence-corrected chi connectivity index (χ3v) is 6.16. The molecule has 0 aliphatic heterocycles. The van der Waals surface area contributed by atoms with Gasteiger partial charge in [-0.1, -0.05) is 74.5 Å². The second-order valence-electron chi connectivity index (χ2n) is 7.79. The molecule has 196 valence electrons. The molecule has 0 fully saturated rings. The van der Waals surface area contributed by atoms with Crippen molar-refractivity contribution in [3.63, 3.8) is 0 Å². The first-order valence-corrected chi connectivity index (χ1v) is 13.4. The largest absolute Gasteiger partial charge is 0.496 e. The van der Waals surface area contributed by atoms with Gasteiger partial charge in [-0.25, -0.2) is 0 Å². The SMILES string of the molecule is C=CCC(=O)NCCOC.CC/C=C(\CCC)Sc1ccccc1C(=NCC)c1ccccc1OC. The Hall–Kier alpha value is -2.83. The zero-order chi connectivity index (χ0) is 26.6. The Kier molecular flexibility index (Phi) is 16.8. The molecule has 1 amide bonds. The van der Waals surface area contributed by atoms with E-state index in [0.29, 0.717) is 19.6 Å². The minimum absolute atomic E-state index is 0.00736. The fraction of sp³-hybridized carbons (Fsp3) is 0.400. The van der Waals surface area contributed by atoms with Crippen LogP contribution in [0.3, 0.4) is 0 Å². The number of ether oxygens (including phenoxy) is 2. The van der Waals surface area contributed by atoms with Crippen LogP contribution in [0.2, 0.25) is 0 Å². The van der Waals surface area contributed by atoms with E-state index in [0.717, 1.165) is 42.8 Å². The van der Waals surface area contributed by atoms with Crippen LogP contribution in [-0.4, -0.2) is 45.5 Å². The van der Waals surface area contributed by atoms with Crippen LogP contribution in [0, 0.1) is 0 Å². The predicted octanol–water partition coefficient (Wildman–Crippen LogP) is 7.06. The lowest BCUT2D eigenvalue weighted by atomic mass is 10.0. The van der Waals surface area contributed by atoms with Gasteiger partial charge in [0.1, 0.15) is 5.75 Å². The van der Waals surface area contributed by atoms with Crippen LogP contribution >= 0.6 is 11.8 Å². The topological polar surface area (TPSA) is 59.9 Å². The molecule has 0 spiro atoms. The fourth-order valence-corrected chi connectivity index (χ4v) is 4.63. The highest BCUT2D eigenvalue weighted by Crippen LogP contribution is 2.35. The molecular weight excluding hydrogens is 468 g/mol. The van der Waals surface area contributed by atoms with E-state index in [1.807, 2.05) is 30.0 Å². The van der Waals surface area contributed by atoms with Crippen LogP contribution in [0.1, 0.15) is 57.6 Å². The number of nitrogens with one attached hydrogen (secondary N) is 1. The molecule has 2 aromatic carbocycles. The van der Waals surface area contributed by atoms with E-state index in [-0.39, 0.29) is 5.91 Å². The molecule has 36 heavy (non-hydrogen) atoms. The van der Waals surface area contributed by atoms with Crippen LogP contribution in [0.15, 0.2) is 82.1 Å². The number of para-hydroxylation sites is 1. The lowest BCUT2D eigenvalue weighted by Crippen LogP contribution is -2.25. The van der Waals surface area contributed by atoms with Gasteiger partial charge in [-0.3, -0.25) is 9.79 Å². The van der Waals surface area contributed by atoms with Crippen molar-refractivity contribution in [2.45, 2.75) is 51.3 Å². The summed E-state index contributed by atoms with van der Waals surface area (Å²) in [5.74, 6) is 0.851. The minimum atomic E-state index is -0.00736. The van der Waals surface area contributed by atoms with E-state index in [2.05, 4.69) is 69.1 Å². The molecule has 0 atom stereocenters. The summed E-state index contributed by atoms with van der Waals surface area (Å²) in [5.41, 5.74) is 3.21. The number of benzene rings is 2. The van der Waals surface area contributed by atoms with Gasteiger partial charge in [0.2, 0.25) is 5.91 Å². The first-order valence-electron chi connectivity index (χ1n) is 12.6. The van der Waals surface area contributed by atoms with Crippen LogP contribution in [0.5, 0.6) is 5.75 Å². The van der Waals surface area contributed by atoms with Crippen molar-refractivity contribution < 1.29 is 14.3 Å². The average molecular weight is 511 g/mol. The standard InChI is InChI=1S/C23H29NOS.C7H13NO2/c1-5-12-18(13-6-2)26-22-17-11-9-15-20(22)23(24-7-3)19-14-8-10-16-21(19)25-4;1-3-4-7(9)8-5-6-10-2/h8-12,14-17H,5-7,13H2,1-4H3;3H,1,4-6H2,2H3,(H,8,9)/b18-12+,24-23?;. The third-order valence-electron chi connectivity index (χ3n) is 4.95. The van der Waals surface area contributed by atoms with E-state index in [1.54, 1.807) is 20.3 Å². The van der Waals surface area contributed by atoms with Gasteiger partial charge < -0.3 is 14.8 Å². The summed E-state index contributed by atoms with van der Waals surface area (Å²) in [4.78, 5) is 18.2. The quantitative estimate of drug-likeness (QED) is 0.128. The van der Waals surface area contributed by atoms with Gasteiger partial charge in [0, 0.05) is 42.6 Å². The number of nitrogens with zero attached hydrogens (tertiary/aromatic N) is 1. The van der Waals surface area contributed by atoms with Crippen molar-refractivity contribution in [2.75, 3.05) is 33.9 Å². The number of hydrogen-bond acceptors (Lipinski definition) is 5. The Morgan fingerprint density at radius 2 is 1.75 bits per heavy atom. The highest BCUT2D eigenvalue weighted by atomic mass is 32.2. The summed E-state index contributed by atoms with van der Waals surface area (Å²) in [7, 11) is 3.31. The second kappa shape index (κ2) is 19.4.